The van der Waals surface area contributed by atoms with Crippen molar-refractivity contribution in [1.82, 2.24) is 15.6 Å². The smallest absolute Gasteiger partial charge is 0.315 e. The van der Waals surface area contributed by atoms with Crippen LogP contribution < -0.4 is 15.4 Å². The lowest BCUT2D eigenvalue weighted by Gasteiger charge is -2.32. The molecule has 0 radical (unpaired) electrons. The van der Waals surface area contributed by atoms with Crippen LogP contribution in [0.5, 0.6) is 5.75 Å². The van der Waals surface area contributed by atoms with Crippen molar-refractivity contribution in [3.63, 3.8) is 0 Å². The van der Waals surface area contributed by atoms with Gasteiger partial charge in [-0.15, -0.1) is 0 Å². The molecule has 5 atom stereocenters. The Balaban J connectivity index is 1.32. The number of ether oxygens (including phenoxy) is 3. The highest BCUT2D eigenvalue weighted by atomic mass is 19.3. The number of amides is 2. The Bertz CT molecular complexity index is 720. The molecule has 1 aromatic heterocycles. The molecule has 4 rings (SSSR count). The molecule has 1 aromatic rings. The van der Waals surface area contributed by atoms with Crippen LogP contribution in [0.4, 0.5) is 13.6 Å². The zero-order valence-electron chi connectivity index (χ0n) is 15.7. The molecule has 2 aliphatic heterocycles. The largest absolute Gasteiger partial charge is 0.483 e. The summed E-state index contributed by atoms with van der Waals surface area (Å²) in [7, 11) is 0. The van der Waals surface area contributed by atoms with E-state index in [1.165, 1.54) is 0 Å². The lowest BCUT2D eigenvalue weighted by molar-refractivity contribution is -0.0599. The molecule has 7 nitrogen and oxygen atoms in total. The van der Waals surface area contributed by atoms with Gasteiger partial charge in [0.05, 0.1) is 31.0 Å². The minimum Gasteiger partial charge on any atom is -0.483 e. The second-order valence-electron chi connectivity index (χ2n) is 7.62. The maximum atomic E-state index is 13.9. The summed E-state index contributed by atoms with van der Waals surface area (Å²) >= 11 is 0. The summed E-state index contributed by atoms with van der Waals surface area (Å²) in [4.78, 5) is 16.4. The summed E-state index contributed by atoms with van der Waals surface area (Å²) in [5.74, 6) is -2.21. The van der Waals surface area contributed by atoms with Crippen LogP contribution >= 0.6 is 0 Å². The Hall–Kier alpha value is -2.00. The lowest BCUT2D eigenvalue weighted by Crippen LogP contribution is -2.55. The number of carbonyl (C=O) groups excluding carboxylic acids is 1. The highest BCUT2D eigenvalue weighted by Gasteiger charge is 2.50. The van der Waals surface area contributed by atoms with Crippen molar-refractivity contribution < 1.29 is 27.8 Å². The minimum atomic E-state index is -2.87. The Morgan fingerprint density at radius 3 is 2.86 bits per heavy atom. The first kappa shape index (κ1) is 19.3. The number of rotatable bonds is 4. The van der Waals surface area contributed by atoms with Gasteiger partial charge >= 0.3 is 6.03 Å². The van der Waals surface area contributed by atoms with Crippen LogP contribution in [0.25, 0.3) is 0 Å². The molecule has 1 saturated carbocycles. The summed E-state index contributed by atoms with van der Waals surface area (Å²) in [5, 5.41) is 5.15. The molecule has 1 unspecified atom stereocenters. The van der Waals surface area contributed by atoms with Crippen molar-refractivity contribution in [3.05, 3.63) is 24.0 Å². The third-order valence-corrected chi connectivity index (χ3v) is 5.63. The molecule has 3 aliphatic rings. The van der Waals surface area contributed by atoms with Crippen LogP contribution in [0, 0.1) is 6.92 Å². The average molecular weight is 397 g/mol. The van der Waals surface area contributed by atoms with Gasteiger partial charge in [0.15, 0.2) is 6.10 Å². The molecule has 1 aliphatic carbocycles. The average Bonchev–Trinajstić information content (AvgIpc) is 3.22. The molecule has 0 bridgehead atoms. The Morgan fingerprint density at radius 1 is 1.25 bits per heavy atom. The van der Waals surface area contributed by atoms with Crippen molar-refractivity contribution in [2.75, 3.05) is 13.2 Å². The van der Waals surface area contributed by atoms with E-state index in [0.29, 0.717) is 25.2 Å². The molecule has 9 heteroatoms. The van der Waals surface area contributed by atoms with Gasteiger partial charge in [0.2, 0.25) is 0 Å². The van der Waals surface area contributed by atoms with Gasteiger partial charge in [-0.2, -0.15) is 0 Å². The maximum absolute atomic E-state index is 13.9. The van der Waals surface area contributed by atoms with Crippen molar-refractivity contribution >= 4 is 6.03 Å². The van der Waals surface area contributed by atoms with E-state index in [9.17, 15) is 13.6 Å². The molecule has 154 valence electrons. The number of carbonyl (C=O) groups is 1. The summed E-state index contributed by atoms with van der Waals surface area (Å²) < 4.78 is 45.4. The molecule has 3 heterocycles. The van der Waals surface area contributed by atoms with Crippen molar-refractivity contribution in [2.24, 2.45) is 0 Å². The molecular formula is C19H25F2N3O4. The number of hydrogen-bond donors (Lipinski definition) is 2. The number of nitrogens with zero attached hydrogens (tertiary/aromatic N) is 1. The first-order chi connectivity index (χ1) is 13.4. The third kappa shape index (κ3) is 3.91. The number of alkyl halides is 2. The molecular weight excluding hydrogens is 372 g/mol. The number of fused-ring (bicyclic) bond motifs is 1. The van der Waals surface area contributed by atoms with E-state index in [2.05, 4.69) is 15.6 Å². The van der Waals surface area contributed by atoms with Crippen LogP contribution in [0.1, 0.15) is 31.4 Å². The summed E-state index contributed by atoms with van der Waals surface area (Å²) in [6.07, 6.45) is 1.93. The van der Waals surface area contributed by atoms with Gasteiger partial charge in [0.1, 0.15) is 18.0 Å². The monoisotopic (exact) mass is 397 g/mol. The predicted molar refractivity (Wildman–Crippen MR) is 95.5 cm³/mol. The van der Waals surface area contributed by atoms with E-state index in [1.807, 2.05) is 13.0 Å². The van der Waals surface area contributed by atoms with Crippen LogP contribution in [-0.2, 0) is 9.47 Å². The number of pyridine rings is 1. The van der Waals surface area contributed by atoms with Gasteiger partial charge in [-0.05, 0) is 31.9 Å². The maximum Gasteiger partial charge on any atom is 0.315 e. The molecule has 2 saturated heterocycles. The Labute approximate surface area is 162 Å². The van der Waals surface area contributed by atoms with Crippen LogP contribution in [-0.4, -0.2) is 60.5 Å². The third-order valence-electron chi connectivity index (χ3n) is 5.63. The van der Waals surface area contributed by atoms with Crippen molar-refractivity contribution in [2.45, 2.75) is 68.9 Å². The van der Waals surface area contributed by atoms with Crippen LogP contribution in [0.15, 0.2) is 18.3 Å². The second-order valence-corrected chi connectivity index (χ2v) is 7.62. The van der Waals surface area contributed by atoms with Gasteiger partial charge in [-0.25, -0.2) is 13.6 Å². The van der Waals surface area contributed by atoms with Gasteiger partial charge in [0, 0.05) is 12.6 Å². The Kier molecular flexibility index (Phi) is 5.37. The van der Waals surface area contributed by atoms with E-state index in [0.717, 1.165) is 5.69 Å². The minimum absolute atomic E-state index is 0.189. The van der Waals surface area contributed by atoms with Gasteiger partial charge in [0.25, 0.3) is 5.92 Å². The van der Waals surface area contributed by atoms with E-state index in [-0.39, 0.29) is 37.8 Å². The van der Waals surface area contributed by atoms with Gasteiger partial charge in [-0.1, -0.05) is 6.42 Å². The van der Waals surface area contributed by atoms with Gasteiger partial charge in [-0.3, -0.25) is 4.98 Å². The van der Waals surface area contributed by atoms with E-state index in [1.54, 1.807) is 12.3 Å². The molecule has 0 aromatic carbocycles. The first-order valence-corrected chi connectivity index (χ1v) is 9.70. The molecule has 0 spiro atoms. The molecule has 2 N–H and O–H groups in total. The lowest BCUT2D eigenvalue weighted by atomic mass is 9.92. The standard InChI is InChI=1S/C19H25F2N3O4/c1-11-13(5-4-8-22-11)28-14-10-27-16-12(9-26-17(14)16)23-18(25)24-15-6-2-3-7-19(15,20)21/h4-5,8,12,14-17H,2-3,6-7,9-10H2,1H3,(H2,23,24,25)/t12-,14-,15?,16+,17+/m0/s1. The summed E-state index contributed by atoms with van der Waals surface area (Å²) in [5.41, 5.74) is 0.770. The van der Waals surface area contributed by atoms with Crippen molar-refractivity contribution in [3.8, 4) is 5.75 Å². The van der Waals surface area contributed by atoms with Crippen molar-refractivity contribution in [1.29, 1.82) is 0 Å². The second kappa shape index (κ2) is 7.79. The zero-order valence-corrected chi connectivity index (χ0v) is 15.7. The summed E-state index contributed by atoms with van der Waals surface area (Å²) in [6, 6.07) is 1.47. The highest BCUT2D eigenvalue weighted by Crippen LogP contribution is 2.34. The number of halogens is 2. The summed E-state index contributed by atoms with van der Waals surface area (Å²) in [6.45, 7) is 2.42. The SMILES string of the molecule is Cc1ncccc1O[C@H]1CO[C@H]2[C@@H]1OC[C@@H]2NC(=O)NC1CCCCC1(F)F. The van der Waals surface area contributed by atoms with E-state index >= 15 is 0 Å². The predicted octanol–water partition coefficient (Wildman–Crippen LogP) is 2.18. The fourth-order valence-corrected chi connectivity index (χ4v) is 4.09. The zero-order chi connectivity index (χ0) is 19.7. The number of urea groups is 1. The molecule has 28 heavy (non-hydrogen) atoms. The molecule has 3 fully saturated rings. The van der Waals surface area contributed by atoms with E-state index in [4.69, 9.17) is 14.2 Å². The number of nitrogens with one attached hydrogen (secondary N) is 2. The fourth-order valence-electron chi connectivity index (χ4n) is 4.09. The number of aryl methyl sites for hydroxylation is 1. The van der Waals surface area contributed by atoms with Gasteiger partial charge < -0.3 is 24.8 Å². The van der Waals surface area contributed by atoms with E-state index < -0.39 is 24.0 Å². The number of aromatic nitrogens is 1. The topological polar surface area (TPSA) is 81.7 Å². The first-order valence-electron chi connectivity index (χ1n) is 9.70. The molecule has 2 amide bonds. The fraction of sp³-hybridized carbons (Fsp3) is 0.684. The van der Waals surface area contributed by atoms with Crippen LogP contribution in [0.3, 0.4) is 0 Å². The highest BCUT2D eigenvalue weighted by molar-refractivity contribution is 5.75. The Morgan fingerprint density at radius 2 is 2.07 bits per heavy atom. The quantitative estimate of drug-likeness (QED) is 0.814. The normalized spacial score (nSPS) is 33.9. The van der Waals surface area contributed by atoms with Crippen LogP contribution in [0.2, 0.25) is 0 Å². The number of hydrogen-bond acceptors (Lipinski definition) is 5.